The largest absolute Gasteiger partial charge is 0.359 e. The van der Waals surface area contributed by atoms with Crippen molar-refractivity contribution in [1.29, 1.82) is 0 Å². The maximum Gasteiger partial charge on any atom is 0.160 e. The Kier molecular flexibility index (Phi) is 5.33. The molecule has 4 heterocycles. The molecule has 0 amide bonds. The summed E-state index contributed by atoms with van der Waals surface area (Å²) < 4.78 is 2.04. The van der Waals surface area contributed by atoms with Crippen molar-refractivity contribution in [2.45, 2.75) is 12.5 Å². The number of rotatable bonds is 7. The number of aromatic nitrogens is 5. The van der Waals surface area contributed by atoms with Gasteiger partial charge in [0.15, 0.2) is 11.5 Å². The van der Waals surface area contributed by atoms with E-state index in [4.69, 9.17) is 0 Å². The molecule has 0 spiro atoms. The third-order valence-electron chi connectivity index (χ3n) is 4.96. The van der Waals surface area contributed by atoms with Gasteiger partial charge >= 0.3 is 0 Å². The fraction of sp³-hybridized carbons (Fsp3) is 0.182. The molecule has 150 valence electrons. The molecule has 0 aliphatic heterocycles. The fourth-order valence-electron chi connectivity index (χ4n) is 3.48. The molecule has 0 unspecified atom stereocenters. The average molecular weight is 433 g/mol. The lowest BCUT2D eigenvalue weighted by Crippen LogP contribution is -2.16. The molecule has 1 N–H and O–H groups in total. The van der Waals surface area contributed by atoms with Crippen molar-refractivity contribution in [3.05, 3.63) is 72.9 Å². The van der Waals surface area contributed by atoms with Crippen molar-refractivity contribution in [3.63, 3.8) is 0 Å². The van der Waals surface area contributed by atoms with E-state index in [1.807, 2.05) is 46.6 Å². The summed E-state index contributed by atoms with van der Waals surface area (Å²) in [6.07, 6.45) is 6.67. The molecule has 5 rings (SSSR count). The molecular weight excluding hydrogens is 412 g/mol. The molecule has 8 heteroatoms. The van der Waals surface area contributed by atoms with Gasteiger partial charge in [-0.2, -0.15) is 11.8 Å². The summed E-state index contributed by atoms with van der Waals surface area (Å²) in [4.78, 5) is 11.2. The Morgan fingerprint density at radius 1 is 1.07 bits per heavy atom. The highest BCUT2D eigenvalue weighted by atomic mass is 32.2. The van der Waals surface area contributed by atoms with E-state index in [1.54, 1.807) is 17.7 Å². The molecular formula is C22H20N6S2. The summed E-state index contributed by atoms with van der Waals surface area (Å²) in [6, 6.07) is 18.5. The van der Waals surface area contributed by atoms with Crippen LogP contribution in [-0.2, 0) is 0 Å². The molecule has 0 aliphatic rings. The van der Waals surface area contributed by atoms with Crippen molar-refractivity contribution < 1.29 is 0 Å². The first-order valence-electron chi connectivity index (χ1n) is 9.68. The normalized spacial score (nSPS) is 12.4. The van der Waals surface area contributed by atoms with E-state index in [1.165, 1.54) is 10.4 Å². The van der Waals surface area contributed by atoms with Crippen LogP contribution in [-0.4, -0.2) is 36.6 Å². The predicted molar refractivity (Wildman–Crippen MR) is 125 cm³/mol. The molecule has 0 fully saturated rings. The van der Waals surface area contributed by atoms with Crippen LogP contribution >= 0.6 is 23.1 Å². The Balaban J connectivity index is 1.54. The Morgan fingerprint density at radius 3 is 2.80 bits per heavy atom. The Morgan fingerprint density at radius 2 is 1.93 bits per heavy atom. The molecule has 1 aromatic carbocycles. The van der Waals surface area contributed by atoms with Gasteiger partial charge in [0.05, 0.1) is 11.4 Å². The molecule has 4 aromatic heterocycles. The molecule has 30 heavy (non-hydrogen) atoms. The van der Waals surface area contributed by atoms with Gasteiger partial charge in [-0.15, -0.1) is 21.5 Å². The topological polar surface area (TPSA) is 68.0 Å². The number of pyridine rings is 1. The molecule has 0 saturated heterocycles. The standard InChI is InChI=1S/C22H20N6S2/c1-29-12-10-17(21-27-26-19-9-5-6-11-28(19)21)25-20-16-13-18(15-7-3-2-4-8-15)30-22(16)24-14-23-20/h2-9,11,13-14,17H,10,12H2,1H3,(H,23,24,25)/t17-/m0/s1. The van der Waals surface area contributed by atoms with E-state index in [9.17, 15) is 0 Å². The van der Waals surface area contributed by atoms with Gasteiger partial charge in [0.1, 0.15) is 17.0 Å². The minimum Gasteiger partial charge on any atom is -0.359 e. The van der Waals surface area contributed by atoms with Gasteiger partial charge in [0, 0.05) is 11.1 Å². The molecule has 0 radical (unpaired) electrons. The highest BCUT2D eigenvalue weighted by molar-refractivity contribution is 7.98. The van der Waals surface area contributed by atoms with E-state index in [0.717, 1.165) is 39.7 Å². The van der Waals surface area contributed by atoms with Gasteiger partial charge < -0.3 is 5.32 Å². The Hall–Kier alpha value is -2.97. The van der Waals surface area contributed by atoms with Crippen LogP contribution < -0.4 is 5.32 Å². The van der Waals surface area contributed by atoms with Gasteiger partial charge in [-0.05, 0) is 42.2 Å². The lowest BCUT2D eigenvalue weighted by Gasteiger charge is -2.18. The number of fused-ring (bicyclic) bond motifs is 2. The maximum atomic E-state index is 4.57. The van der Waals surface area contributed by atoms with Crippen molar-refractivity contribution in [2.24, 2.45) is 0 Å². The van der Waals surface area contributed by atoms with Crippen molar-refractivity contribution >= 4 is 44.8 Å². The summed E-state index contributed by atoms with van der Waals surface area (Å²) in [5.41, 5.74) is 2.03. The molecule has 5 aromatic rings. The zero-order valence-electron chi connectivity index (χ0n) is 16.4. The quantitative estimate of drug-likeness (QED) is 0.376. The van der Waals surface area contributed by atoms with Gasteiger partial charge in [0.2, 0.25) is 0 Å². The zero-order chi connectivity index (χ0) is 20.3. The Bertz CT molecular complexity index is 1280. The summed E-state index contributed by atoms with van der Waals surface area (Å²) in [5, 5.41) is 13.5. The van der Waals surface area contributed by atoms with Crippen molar-refractivity contribution in [2.75, 3.05) is 17.3 Å². The lowest BCUT2D eigenvalue weighted by atomic mass is 10.1. The van der Waals surface area contributed by atoms with Gasteiger partial charge in [-0.3, -0.25) is 4.40 Å². The number of nitrogens with one attached hydrogen (secondary N) is 1. The summed E-state index contributed by atoms with van der Waals surface area (Å²) >= 11 is 3.50. The predicted octanol–water partition coefficient (Wildman–Crippen LogP) is 5.31. The smallest absolute Gasteiger partial charge is 0.160 e. The number of hydrogen-bond donors (Lipinski definition) is 1. The monoisotopic (exact) mass is 432 g/mol. The van der Waals surface area contributed by atoms with Gasteiger partial charge in [-0.25, -0.2) is 9.97 Å². The first-order valence-corrected chi connectivity index (χ1v) is 11.9. The number of nitrogens with zero attached hydrogens (tertiary/aromatic N) is 5. The van der Waals surface area contributed by atoms with E-state index in [0.29, 0.717) is 0 Å². The highest BCUT2D eigenvalue weighted by Crippen LogP contribution is 2.36. The second-order valence-corrected chi connectivity index (χ2v) is 8.90. The first-order chi connectivity index (χ1) is 14.8. The average Bonchev–Trinajstić information content (AvgIpc) is 3.42. The highest BCUT2D eigenvalue weighted by Gasteiger charge is 2.20. The second-order valence-electron chi connectivity index (χ2n) is 6.88. The van der Waals surface area contributed by atoms with E-state index in [-0.39, 0.29) is 6.04 Å². The van der Waals surface area contributed by atoms with Crippen LogP contribution in [0.15, 0.2) is 67.1 Å². The van der Waals surface area contributed by atoms with Crippen LogP contribution in [0.4, 0.5) is 5.82 Å². The number of hydrogen-bond acceptors (Lipinski definition) is 7. The molecule has 0 bridgehead atoms. The maximum absolute atomic E-state index is 4.57. The fourth-order valence-corrected chi connectivity index (χ4v) is 4.96. The van der Waals surface area contributed by atoms with Crippen LogP contribution in [0.25, 0.3) is 26.3 Å². The number of anilines is 1. The summed E-state index contributed by atoms with van der Waals surface area (Å²) in [5.74, 6) is 2.73. The van der Waals surface area contributed by atoms with Crippen molar-refractivity contribution in [1.82, 2.24) is 24.6 Å². The second kappa shape index (κ2) is 8.41. The van der Waals surface area contributed by atoms with Crippen LogP contribution in [0.3, 0.4) is 0 Å². The summed E-state index contributed by atoms with van der Waals surface area (Å²) in [6.45, 7) is 0. The van der Waals surface area contributed by atoms with Crippen LogP contribution in [0, 0.1) is 0 Å². The van der Waals surface area contributed by atoms with E-state index in [2.05, 4.69) is 62.1 Å². The Labute approximate surface area is 182 Å². The minimum atomic E-state index is -0.00646. The van der Waals surface area contributed by atoms with Crippen LogP contribution in [0.1, 0.15) is 18.3 Å². The molecule has 6 nitrogen and oxygen atoms in total. The number of thiophene rings is 1. The minimum absolute atomic E-state index is 0.00646. The van der Waals surface area contributed by atoms with E-state index >= 15 is 0 Å². The van der Waals surface area contributed by atoms with Gasteiger partial charge in [-0.1, -0.05) is 36.4 Å². The number of thioether (sulfide) groups is 1. The molecule has 1 atom stereocenters. The summed E-state index contributed by atoms with van der Waals surface area (Å²) in [7, 11) is 0. The third kappa shape index (κ3) is 3.64. The lowest BCUT2D eigenvalue weighted by molar-refractivity contribution is 0.686. The number of benzene rings is 1. The van der Waals surface area contributed by atoms with E-state index < -0.39 is 0 Å². The van der Waals surface area contributed by atoms with Crippen LogP contribution in [0.5, 0.6) is 0 Å². The zero-order valence-corrected chi connectivity index (χ0v) is 18.0. The van der Waals surface area contributed by atoms with Gasteiger partial charge in [0.25, 0.3) is 0 Å². The third-order valence-corrected chi connectivity index (χ3v) is 6.70. The molecule has 0 aliphatic carbocycles. The van der Waals surface area contributed by atoms with Crippen molar-refractivity contribution in [3.8, 4) is 10.4 Å². The SMILES string of the molecule is CSCC[C@H](Nc1ncnc2sc(-c3ccccc3)cc12)c1nnc2ccccn12. The first kappa shape index (κ1) is 19.0. The molecule has 0 saturated carbocycles. The van der Waals surface area contributed by atoms with Crippen LogP contribution in [0.2, 0.25) is 0 Å².